The molecule has 0 saturated heterocycles. The van der Waals surface area contributed by atoms with Crippen LogP contribution in [0.1, 0.15) is 0 Å². The van der Waals surface area contributed by atoms with Gasteiger partial charge >= 0.3 is 0 Å². The van der Waals surface area contributed by atoms with Crippen molar-refractivity contribution in [1.82, 2.24) is 34.5 Å². The first kappa shape index (κ1) is 10.9. The molecule has 7 heteroatoms. The Morgan fingerprint density at radius 2 is 2.20 bits per heavy atom. The van der Waals surface area contributed by atoms with Crippen molar-refractivity contribution in [2.24, 2.45) is 7.05 Å². The van der Waals surface area contributed by atoms with Crippen molar-refractivity contribution >= 4 is 11.0 Å². The number of aromatic amines is 1. The van der Waals surface area contributed by atoms with E-state index in [4.69, 9.17) is 0 Å². The van der Waals surface area contributed by atoms with Crippen molar-refractivity contribution in [3.05, 3.63) is 43.1 Å². The SMILES string of the molecule is Cn1nnc2cc(-n3ccnc3-c3cnc[nH]3)ccc21. The number of fused-ring (bicyclic) bond motifs is 1. The van der Waals surface area contributed by atoms with Gasteiger partial charge in [-0.05, 0) is 18.2 Å². The first-order valence-corrected chi connectivity index (χ1v) is 6.15. The molecule has 0 aliphatic carbocycles. The van der Waals surface area contributed by atoms with Crippen molar-refractivity contribution in [2.45, 2.75) is 0 Å². The van der Waals surface area contributed by atoms with E-state index in [-0.39, 0.29) is 0 Å². The summed E-state index contributed by atoms with van der Waals surface area (Å²) in [5, 5.41) is 8.16. The van der Waals surface area contributed by atoms with Gasteiger partial charge in [-0.15, -0.1) is 5.10 Å². The van der Waals surface area contributed by atoms with Crippen molar-refractivity contribution < 1.29 is 0 Å². The lowest BCUT2D eigenvalue weighted by atomic mass is 10.2. The number of aromatic nitrogens is 7. The van der Waals surface area contributed by atoms with Crippen LogP contribution in [-0.2, 0) is 7.05 Å². The third-order valence-corrected chi connectivity index (χ3v) is 3.25. The maximum atomic E-state index is 4.37. The molecule has 0 fully saturated rings. The highest BCUT2D eigenvalue weighted by Gasteiger charge is 2.10. The zero-order chi connectivity index (χ0) is 13.5. The van der Waals surface area contributed by atoms with Crippen LogP contribution in [0.5, 0.6) is 0 Å². The smallest absolute Gasteiger partial charge is 0.162 e. The molecule has 0 saturated carbocycles. The van der Waals surface area contributed by atoms with Crippen LogP contribution < -0.4 is 0 Å². The first-order chi connectivity index (χ1) is 9.83. The Hall–Kier alpha value is -2.96. The van der Waals surface area contributed by atoms with Gasteiger partial charge in [0.1, 0.15) is 11.2 Å². The predicted molar refractivity (Wildman–Crippen MR) is 73.2 cm³/mol. The third-order valence-electron chi connectivity index (χ3n) is 3.25. The Morgan fingerprint density at radius 3 is 3.05 bits per heavy atom. The van der Waals surface area contributed by atoms with E-state index in [0.29, 0.717) is 0 Å². The summed E-state index contributed by atoms with van der Waals surface area (Å²) >= 11 is 0. The second-order valence-electron chi connectivity index (χ2n) is 4.47. The number of hydrogen-bond donors (Lipinski definition) is 1. The molecule has 0 spiro atoms. The topological polar surface area (TPSA) is 77.2 Å². The molecule has 0 radical (unpaired) electrons. The second kappa shape index (κ2) is 4.02. The van der Waals surface area contributed by atoms with Crippen LogP contribution in [-0.4, -0.2) is 34.5 Å². The van der Waals surface area contributed by atoms with E-state index in [0.717, 1.165) is 28.2 Å². The Labute approximate surface area is 113 Å². The van der Waals surface area contributed by atoms with Crippen LogP contribution >= 0.6 is 0 Å². The summed E-state index contributed by atoms with van der Waals surface area (Å²) in [6.45, 7) is 0. The molecule has 0 amide bonds. The second-order valence-corrected chi connectivity index (χ2v) is 4.47. The van der Waals surface area contributed by atoms with E-state index in [1.807, 2.05) is 36.0 Å². The minimum absolute atomic E-state index is 0.811. The summed E-state index contributed by atoms with van der Waals surface area (Å²) in [4.78, 5) is 11.5. The molecule has 3 heterocycles. The fourth-order valence-corrected chi connectivity index (χ4v) is 2.27. The molecule has 7 nitrogen and oxygen atoms in total. The molecule has 3 aromatic heterocycles. The molecule has 4 rings (SSSR count). The molecular formula is C13H11N7. The van der Waals surface area contributed by atoms with E-state index in [1.165, 1.54) is 0 Å². The largest absolute Gasteiger partial charge is 0.342 e. The first-order valence-electron chi connectivity index (χ1n) is 6.15. The van der Waals surface area contributed by atoms with Gasteiger partial charge in [-0.25, -0.2) is 14.6 Å². The molecule has 0 unspecified atom stereocenters. The normalized spacial score (nSPS) is 11.2. The molecule has 0 atom stereocenters. The zero-order valence-corrected chi connectivity index (χ0v) is 10.7. The average Bonchev–Trinajstić information content (AvgIpc) is 3.18. The van der Waals surface area contributed by atoms with Gasteiger partial charge in [0.25, 0.3) is 0 Å². The monoisotopic (exact) mass is 265 g/mol. The zero-order valence-electron chi connectivity index (χ0n) is 10.7. The fourth-order valence-electron chi connectivity index (χ4n) is 2.27. The van der Waals surface area contributed by atoms with Crippen molar-refractivity contribution in [3.8, 4) is 17.2 Å². The van der Waals surface area contributed by atoms with Gasteiger partial charge in [0.15, 0.2) is 5.82 Å². The summed E-state index contributed by atoms with van der Waals surface area (Å²) < 4.78 is 3.74. The van der Waals surface area contributed by atoms with E-state index in [1.54, 1.807) is 23.4 Å². The molecule has 98 valence electrons. The summed E-state index contributed by atoms with van der Waals surface area (Å²) in [6, 6.07) is 6.01. The summed E-state index contributed by atoms with van der Waals surface area (Å²) in [7, 11) is 1.88. The van der Waals surface area contributed by atoms with Gasteiger partial charge in [0.05, 0.1) is 18.0 Å². The number of benzene rings is 1. The molecule has 1 N–H and O–H groups in total. The number of H-pyrrole nitrogens is 1. The highest BCUT2D eigenvalue weighted by Crippen LogP contribution is 2.21. The van der Waals surface area contributed by atoms with E-state index in [2.05, 4.69) is 25.3 Å². The third kappa shape index (κ3) is 1.53. The van der Waals surface area contributed by atoms with Crippen molar-refractivity contribution in [2.75, 3.05) is 0 Å². The summed E-state index contributed by atoms with van der Waals surface area (Å²) in [5.74, 6) is 0.811. The highest BCUT2D eigenvalue weighted by atomic mass is 15.4. The van der Waals surface area contributed by atoms with Gasteiger partial charge in [-0.3, -0.25) is 4.57 Å². The lowest BCUT2D eigenvalue weighted by Crippen LogP contribution is -1.96. The van der Waals surface area contributed by atoms with E-state index >= 15 is 0 Å². The van der Waals surface area contributed by atoms with Crippen LogP contribution in [0, 0.1) is 0 Å². The van der Waals surface area contributed by atoms with E-state index in [9.17, 15) is 0 Å². The number of rotatable bonds is 2. The summed E-state index contributed by atoms with van der Waals surface area (Å²) in [5.41, 5.74) is 3.71. The van der Waals surface area contributed by atoms with Crippen molar-refractivity contribution in [1.29, 1.82) is 0 Å². The van der Waals surface area contributed by atoms with Gasteiger partial charge in [0, 0.05) is 25.1 Å². The Bertz CT molecular complexity index is 869. The highest BCUT2D eigenvalue weighted by molar-refractivity contribution is 5.77. The Kier molecular flexibility index (Phi) is 2.19. The Morgan fingerprint density at radius 1 is 1.25 bits per heavy atom. The van der Waals surface area contributed by atoms with Gasteiger partial charge in [0.2, 0.25) is 0 Å². The molecule has 0 bridgehead atoms. The molecule has 20 heavy (non-hydrogen) atoms. The number of hydrogen-bond acceptors (Lipinski definition) is 4. The molecule has 1 aromatic carbocycles. The minimum Gasteiger partial charge on any atom is -0.342 e. The van der Waals surface area contributed by atoms with Crippen LogP contribution in [0.25, 0.3) is 28.2 Å². The summed E-state index contributed by atoms with van der Waals surface area (Å²) in [6.07, 6.45) is 7.06. The number of nitrogens with one attached hydrogen (secondary N) is 1. The van der Waals surface area contributed by atoms with Crippen LogP contribution in [0.4, 0.5) is 0 Å². The van der Waals surface area contributed by atoms with Gasteiger partial charge in [-0.2, -0.15) is 0 Å². The van der Waals surface area contributed by atoms with Crippen molar-refractivity contribution in [3.63, 3.8) is 0 Å². The van der Waals surface area contributed by atoms with Crippen LogP contribution in [0.3, 0.4) is 0 Å². The van der Waals surface area contributed by atoms with Crippen LogP contribution in [0.15, 0.2) is 43.1 Å². The maximum Gasteiger partial charge on any atom is 0.162 e. The average molecular weight is 265 g/mol. The molecule has 0 aliphatic heterocycles. The number of imidazole rings is 2. The molecule has 4 aromatic rings. The number of aryl methyl sites for hydroxylation is 1. The Balaban J connectivity index is 1.89. The van der Waals surface area contributed by atoms with Crippen LogP contribution in [0.2, 0.25) is 0 Å². The number of nitrogens with zero attached hydrogens (tertiary/aromatic N) is 6. The molecular weight excluding hydrogens is 254 g/mol. The fraction of sp³-hybridized carbons (Fsp3) is 0.0769. The lowest BCUT2D eigenvalue weighted by molar-refractivity contribution is 0.736. The minimum atomic E-state index is 0.811. The van der Waals surface area contributed by atoms with Gasteiger partial charge < -0.3 is 4.98 Å². The maximum absolute atomic E-state index is 4.37. The predicted octanol–water partition coefficient (Wildman–Crippen LogP) is 1.54. The molecule has 0 aliphatic rings. The standard InChI is InChI=1S/C13H11N7/c1-19-12-3-2-9(6-10(12)17-18-19)20-5-4-15-13(20)11-7-14-8-16-11/h2-8H,1H3,(H,14,16). The van der Waals surface area contributed by atoms with Gasteiger partial charge in [-0.1, -0.05) is 5.21 Å². The van der Waals surface area contributed by atoms with E-state index < -0.39 is 0 Å². The quantitative estimate of drug-likeness (QED) is 0.596. The lowest BCUT2D eigenvalue weighted by Gasteiger charge is -2.06.